The van der Waals surface area contributed by atoms with E-state index in [1.807, 2.05) is 0 Å². The van der Waals surface area contributed by atoms with Crippen LogP contribution in [0, 0.1) is 0 Å². The molecule has 0 heterocycles. The highest BCUT2D eigenvalue weighted by molar-refractivity contribution is 7.84. The Hall–Kier alpha value is -0.630. The van der Waals surface area contributed by atoms with Crippen LogP contribution in [0.3, 0.4) is 0 Å². The third-order valence-electron chi connectivity index (χ3n) is 1.92. The minimum Gasteiger partial charge on any atom is -0.346 e. The van der Waals surface area contributed by atoms with Gasteiger partial charge in [-0.1, -0.05) is 0 Å². The van der Waals surface area contributed by atoms with E-state index in [1.54, 1.807) is 11.6 Å². The van der Waals surface area contributed by atoms with E-state index in [4.69, 9.17) is 0 Å². The summed E-state index contributed by atoms with van der Waals surface area (Å²) in [5, 5.41) is 4.55. The van der Waals surface area contributed by atoms with Gasteiger partial charge in [0, 0.05) is 22.8 Å². The van der Waals surface area contributed by atoms with Gasteiger partial charge in [-0.15, -0.1) is 0 Å². The van der Waals surface area contributed by atoms with Crippen LogP contribution in [0.2, 0.25) is 0 Å². The Morgan fingerprint density at radius 1 is 1.41 bits per heavy atom. The first-order valence-electron chi connectivity index (χ1n) is 5.10. The van der Waals surface area contributed by atoms with Crippen LogP contribution in [-0.4, -0.2) is 47.4 Å². The molecule has 0 aromatic rings. The van der Waals surface area contributed by atoms with Crippen molar-refractivity contribution in [2.75, 3.05) is 25.1 Å². The molecular formula is C9H17F3N2O2S. The average molecular weight is 274 g/mol. The van der Waals surface area contributed by atoms with Gasteiger partial charge in [0.25, 0.3) is 0 Å². The zero-order chi connectivity index (χ0) is 13.5. The van der Waals surface area contributed by atoms with Crippen molar-refractivity contribution in [2.45, 2.75) is 25.6 Å². The third kappa shape index (κ3) is 10.3. The average Bonchev–Trinajstić information content (AvgIpc) is 2.19. The quantitative estimate of drug-likeness (QED) is 0.661. The number of carbonyl (C=O) groups excluding carboxylic acids is 1. The molecule has 0 aliphatic heterocycles. The Balaban J connectivity index is 3.71. The molecule has 0 rings (SSSR count). The lowest BCUT2D eigenvalue weighted by Crippen LogP contribution is -2.45. The Bertz CT molecular complexity index is 271. The van der Waals surface area contributed by atoms with Crippen molar-refractivity contribution in [3.05, 3.63) is 0 Å². The molecule has 0 fully saturated rings. The number of hydrogen-bond donors (Lipinski definition) is 2. The van der Waals surface area contributed by atoms with Crippen molar-refractivity contribution in [3.8, 4) is 0 Å². The molecule has 0 aromatic heterocycles. The van der Waals surface area contributed by atoms with Gasteiger partial charge in [0.15, 0.2) is 0 Å². The first-order valence-corrected chi connectivity index (χ1v) is 6.83. The van der Waals surface area contributed by atoms with Gasteiger partial charge in [0.2, 0.25) is 5.91 Å². The van der Waals surface area contributed by atoms with Crippen molar-refractivity contribution >= 4 is 16.7 Å². The molecule has 2 atom stereocenters. The number of amides is 1. The molecule has 0 spiro atoms. The molecule has 8 heteroatoms. The van der Waals surface area contributed by atoms with Gasteiger partial charge >= 0.3 is 6.18 Å². The number of hydrogen-bond acceptors (Lipinski definition) is 3. The van der Waals surface area contributed by atoms with Crippen molar-refractivity contribution in [1.29, 1.82) is 0 Å². The van der Waals surface area contributed by atoms with Gasteiger partial charge in [-0.2, -0.15) is 13.2 Å². The van der Waals surface area contributed by atoms with Crippen molar-refractivity contribution in [2.24, 2.45) is 0 Å². The second-order valence-electron chi connectivity index (χ2n) is 3.64. The molecule has 0 saturated carbocycles. The largest absolute Gasteiger partial charge is 0.405 e. The molecule has 0 aliphatic rings. The van der Waals surface area contributed by atoms with Gasteiger partial charge in [-0.3, -0.25) is 9.00 Å². The summed E-state index contributed by atoms with van der Waals surface area (Å²) in [5.74, 6) is -0.191. The third-order valence-corrected chi connectivity index (χ3v) is 2.78. The lowest BCUT2D eigenvalue weighted by Gasteiger charge is -2.14. The maximum absolute atomic E-state index is 11.8. The van der Waals surface area contributed by atoms with Crippen LogP contribution in [0.25, 0.3) is 0 Å². The second-order valence-corrected chi connectivity index (χ2v) is 5.19. The van der Waals surface area contributed by atoms with Gasteiger partial charge in [0.05, 0.1) is 6.04 Å². The van der Waals surface area contributed by atoms with E-state index in [2.05, 4.69) is 5.32 Å². The summed E-state index contributed by atoms with van der Waals surface area (Å²) < 4.78 is 46.1. The van der Waals surface area contributed by atoms with Crippen molar-refractivity contribution in [3.63, 3.8) is 0 Å². The van der Waals surface area contributed by atoms with Crippen molar-refractivity contribution in [1.82, 2.24) is 10.6 Å². The molecule has 2 N–H and O–H groups in total. The highest BCUT2D eigenvalue weighted by Crippen LogP contribution is 2.12. The summed E-state index contributed by atoms with van der Waals surface area (Å²) >= 11 is 0. The molecule has 0 aliphatic carbocycles. The number of nitrogens with one attached hydrogen (secondary N) is 2. The van der Waals surface area contributed by atoms with E-state index in [1.165, 1.54) is 6.92 Å². The Morgan fingerprint density at radius 2 is 2.00 bits per heavy atom. The van der Waals surface area contributed by atoms with E-state index in [0.717, 1.165) is 0 Å². The van der Waals surface area contributed by atoms with E-state index < -0.39 is 35.5 Å². The van der Waals surface area contributed by atoms with E-state index in [-0.39, 0.29) is 0 Å². The van der Waals surface area contributed by atoms with Crippen LogP contribution >= 0.6 is 0 Å². The molecule has 102 valence electrons. The topological polar surface area (TPSA) is 58.2 Å². The number of carbonyl (C=O) groups is 1. The summed E-state index contributed by atoms with van der Waals surface area (Å²) in [7, 11) is -0.895. The first-order chi connectivity index (χ1) is 7.72. The molecule has 2 unspecified atom stereocenters. The highest BCUT2D eigenvalue weighted by atomic mass is 32.2. The fourth-order valence-corrected chi connectivity index (χ4v) is 1.58. The van der Waals surface area contributed by atoms with E-state index >= 15 is 0 Å². The summed E-state index contributed by atoms with van der Waals surface area (Å²) in [6.07, 6.45) is -2.21. The van der Waals surface area contributed by atoms with Crippen LogP contribution in [0.15, 0.2) is 0 Å². The van der Waals surface area contributed by atoms with Crippen LogP contribution in [-0.2, 0) is 15.6 Å². The highest BCUT2D eigenvalue weighted by Gasteiger charge is 2.28. The van der Waals surface area contributed by atoms with Crippen LogP contribution in [0.4, 0.5) is 13.2 Å². The Morgan fingerprint density at radius 3 is 2.47 bits per heavy atom. The maximum atomic E-state index is 11.8. The van der Waals surface area contributed by atoms with E-state index in [0.29, 0.717) is 18.7 Å². The summed E-state index contributed by atoms with van der Waals surface area (Å²) in [5.41, 5.74) is 0. The zero-order valence-corrected chi connectivity index (χ0v) is 10.6. The first kappa shape index (κ1) is 16.4. The Kier molecular flexibility index (Phi) is 7.37. The fraction of sp³-hybridized carbons (Fsp3) is 0.889. The zero-order valence-electron chi connectivity index (χ0n) is 9.76. The molecule has 0 aromatic carbocycles. The van der Waals surface area contributed by atoms with Crippen LogP contribution in [0.5, 0.6) is 0 Å². The van der Waals surface area contributed by atoms with Gasteiger partial charge < -0.3 is 10.6 Å². The molecular weight excluding hydrogens is 257 g/mol. The lowest BCUT2D eigenvalue weighted by molar-refractivity contribution is -0.139. The van der Waals surface area contributed by atoms with Crippen LogP contribution in [0.1, 0.15) is 13.3 Å². The van der Waals surface area contributed by atoms with Gasteiger partial charge in [0.1, 0.15) is 6.54 Å². The van der Waals surface area contributed by atoms with Crippen molar-refractivity contribution < 1.29 is 22.2 Å². The Labute approximate surface area is 101 Å². The smallest absolute Gasteiger partial charge is 0.346 e. The molecule has 1 amide bonds. The number of rotatable bonds is 7. The maximum Gasteiger partial charge on any atom is 0.405 e. The predicted molar refractivity (Wildman–Crippen MR) is 60.1 cm³/mol. The second kappa shape index (κ2) is 7.65. The normalized spacial score (nSPS) is 15.4. The minimum absolute atomic E-state index is 0.445. The molecule has 4 nitrogen and oxygen atoms in total. The van der Waals surface area contributed by atoms with Gasteiger partial charge in [-0.05, 0) is 19.9 Å². The molecule has 0 radical (unpaired) electrons. The summed E-state index contributed by atoms with van der Waals surface area (Å²) in [4.78, 5) is 11.2. The molecule has 17 heavy (non-hydrogen) atoms. The predicted octanol–water partition coefficient (Wildman–Crippen LogP) is 0.412. The molecule has 0 bridgehead atoms. The lowest BCUT2D eigenvalue weighted by atomic mass is 10.3. The van der Waals surface area contributed by atoms with E-state index in [9.17, 15) is 22.2 Å². The standard InChI is InChI=1S/C9H17F3N2O2S/c1-7(13-4-3-5-17(2)16)8(15)14-6-9(10,11)12/h7,13H,3-6H2,1-2H3,(H,14,15). The number of halogens is 3. The van der Waals surface area contributed by atoms with Gasteiger partial charge in [-0.25, -0.2) is 0 Å². The van der Waals surface area contributed by atoms with Crippen LogP contribution < -0.4 is 10.6 Å². The fourth-order valence-electron chi connectivity index (χ4n) is 1.03. The molecule has 0 saturated heterocycles. The monoisotopic (exact) mass is 274 g/mol. The minimum atomic E-state index is -4.39. The SMILES string of the molecule is CC(NCCCS(C)=O)C(=O)NCC(F)(F)F. The number of alkyl halides is 3. The summed E-state index contributed by atoms with van der Waals surface area (Å²) in [6.45, 7) is 0.603. The summed E-state index contributed by atoms with van der Waals surface area (Å²) in [6, 6.07) is -0.692.